The van der Waals surface area contributed by atoms with Crippen LogP contribution in [-0.2, 0) is 6.54 Å². The molecule has 5 nitrogen and oxygen atoms in total. The third kappa shape index (κ3) is 7.88. The van der Waals surface area contributed by atoms with E-state index in [4.69, 9.17) is 10.1 Å². The molecule has 1 aromatic carbocycles. The number of benzene rings is 1. The minimum absolute atomic E-state index is 0.227. The molecule has 0 aliphatic carbocycles. The van der Waals surface area contributed by atoms with Gasteiger partial charge < -0.3 is 10.4 Å². The lowest BCUT2D eigenvalue weighted by molar-refractivity contribution is 0.0697. The van der Waals surface area contributed by atoms with Crippen LogP contribution in [-0.4, -0.2) is 23.5 Å². The highest BCUT2D eigenvalue weighted by Crippen LogP contribution is 2.20. The third-order valence-corrected chi connectivity index (χ3v) is 5.72. The SMILES string of the molecule is C=C/C(C#Cc1csc(CN=C(C)/C(CC)=C(\N=C)Nc2ccc(C(=O)O)cc2)c1)=C\C=C/C. The Labute approximate surface area is 205 Å². The molecule has 174 valence electrons. The number of anilines is 1. The van der Waals surface area contributed by atoms with E-state index in [0.29, 0.717) is 18.8 Å². The molecule has 0 unspecified atom stereocenters. The summed E-state index contributed by atoms with van der Waals surface area (Å²) in [5, 5.41) is 14.3. The molecule has 0 aliphatic heterocycles. The van der Waals surface area contributed by atoms with E-state index in [0.717, 1.165) is 33.0 Å². The molecular weight excluding hydrogens is 442 g/mol. The number of aliphatic imine (C=N–C) groups is 2. The van der Waals surface area contributed by atoms with Gasteiger partial charge in [0.15, 0.2) is 0 Å². The van der Waals surface area contributed by atoms with Crippen molar-refractivity contribution in [2.24, 2.45) is 9.98 Å². The second-order valence-corrected chi connectivity index (χ2v) is 8.15. The zero-order valence-corrected chi connectivity index (χ0v) is 20.6. The number of carboxylic acids is 1. The summed E-state index contributed by atoms with van der Waals surface area (Å²) in [5.74, 6) is 5.94. The van der Waals surface area contributed by atoms with Crippen molar-refractivity contribution in [1.82, 2.24) is 0 Å². The highest BCUT2D eigenvalue weighted by atomic mass is 32.1. The molecule has 6 heteroatoms. The lowest BCUT2D eigenvalue weighted by Crippen LogP contribution is -2.08. The van der Waals surface area contributed by atoms with E-state index in [9.17, 15) is 4.79 Å². The largest absolute Gasteiger partial charge is 0.478 e. The molecule has 2 N–H and O–H groups in total. The Bertz CT molecular complexity index is 1220. The highest BCUT2D eigenvalue weighted by molar-refractivity contribution is 7.10. The summed E-state index contributed by atoms with van der Waals surface area (Å²) in [7, 11) is 0. The van der Waals surface area contributed by atoms with E-state index in [1.807, 2.05) is 44.4 Å². The minimum atomic E-state index is -0.963. The van der Waals surface area contributed by atoms with Gasteiger partial charge in [-0.25, -0.2) is 9.79 Å². The molecule has 1 heterocycles. The smallest absolute Gasteiger partial charge is 0.335 e. The summed E-state index contributed by atoms with van der Waals surface area (Å²) >= 11 is 1.62. The van der Waals surface area contributed by atoms with Crippen LogP contribution in [0.1, 0.15) is 48.0 Å². The summed E-state index contributed by atoms with van der Waals surface area (Å²) in [6, 6.07) is 8.55. The number of carbonyl (C=O) groups is 1. The maximum absolute atomic E-state index is 11.1. The van der Waals surface area contributed by atoms with Crippen LogP contribution in [0.5, 0.6) is 0 Å². The first kappa shape index (κ1) is 26.3. The number of thiophene rings is 1. The van der Waals surface area contributed by atoms with E-state index >= 15 is 0 Å². The molecular formula is C28H29N3O2S. The van der Waals surface area contributed by atoms with Crippen molar-refractivity contribution in [1.29, 1.82) is 0 Å². The van der Waals surface area contributed by atoms with Crippen molar-refractivity contribution in [2.75, 3.05) is 5.32 Å². The van der Waals surface area contributed by atoms with E-state index in [2.05, 4.69) is 41.5 Å². The lowest BCUT2D eigenvalue weighted by Gasteiger charge is -2.13. The molecule has 0 fully saturated rings. The Balaban J connectivity index is 2.17. The van der Waals surface area contributed by atoms with Crippen molar-refractivity contribution in [2.45, 2.75) is 33.7 Å². The van der Waals surface area contributed by atoms with Gasteiger partial charge in [-0.2, -0.15) is 0 Å². The van der Waals surface area contributed by atoms with Gasteiger partial charge in [0.25, 0.3) is 0 Å². The van der Waals surface area contributed by atoms with Gasteiger partial charge in [0.05, 0.1) is 12.1 Å². The molecule has 0 atom stereocenters. The number of hydrogen-bond acceptors (Lipinski definition) is 5. The maximum Gasteiger partial charge on any atom is 0.335 e. The van der Waals surface area contributed by atoms with Gasteiger partial charge >= 0.3 is 5.97 Å². The quantitative estimate of drug-likeness (QED) is 0.225. The van der Waals surface area contributed by atoms with E-state index < -0.39 is 5.97 Å². The van der Waals surface area contributed by atoms with Crippen LogP contribution < -0.4 is 5.32 Å². The van der Waals surface area contributed by atoms with Crippen LogP contribution in [0, 0.1) is 11.8 Å². The molecule has 2 aromatic rings. The standard InChI is InChI=1S/C28H29N3O2S/c1-6-9-10-21(7-2)11-12-22-17-25(34-19-22)18-30-20(4)26(8-3)27(29-5)31-24-15-13-23(14-16-24)28(32)33/h6-7,9-10,13-17,19,31H,2,5,8,18H2,1,3-4H3,(H,32,33)/b9-6-,21-10+,27-26+,30-20?. The first-order valence-electron chi connectivity index (χ1n) is 10.8. The number of carboxylic acid groups (broad SMARTS) is 1. The molecule has 0 saturated carbocycles. The summed E-state index contributed by atoms with van der Waals surface area (Å²) < 4.78 is 0. The predicted molar refractivity (Wildman–Crippen MR) is 145 cm³/mol. The van der Waals surface area contributed by atoms with Gasteiger partial charge in [-0.05, 0) is 63.4 Å². The number of hydrogen-bond donors (Lipinski definition) is 2. The van der Waals surface area contributed by atoms with Gasteiger partial charge in [-0.15, -0.1) is 11.3 Å². The van der Waals surface area contributed by atoms with E-state index in [1.54, 1.807) is 41.7 Å². The highest BCUT2D eigenvalue weighted by Gasteiger charge is 2.09. The minimum Gasteiger partial charge on any atom is -0.478 e. The number of allylic oxidation sites excluding steroid dienone is 6. The van der Waals surface area contributed by atoms with Gasteiger partial charge in [-0.1, -0.05) is 43.6 Å². The van der Waals surface area contributed by atoms with E-state index in [-0.39, 0.29) is 5.56 Å². The van der Waals surface area contributed by atoms with Crippen molar-refractivity contribution < 1.29 is 9.90 Å². The van der Waals surface area contributed by atoms with Crippen LogP contribution in [0.4, 0.5) is 5.69 Å². The first-order chi connectivity index (χ1) is 16.4. The zero-order valence-electron chi connectivity index (χ0n) is 19.8. The second-order valence-electron chi connectivity index (χ2n) is 7.15. The molecule has 0 spiro atoms. The monoisotopic (exact) mass is 471 g/mol. The number of nitrogens with zero attached hydrogens (tertiary/aromatic N) is 2. The molecule has 34 heavy (non-hydrogen) atoms. The van der Waals surface area contributed by atoms with Crippen molar-refractivity contribution in [3.63, 3.8) is 0 Å². The van der Waals surface area contributed by atoms with Gasteiger partial charge in [0, 0.05) is 38.4 Å². The Kier molecular flexibility index (Phi) is 10.5. The Hall–Kier alpha value is -3.95. The topological polar surface area (TPSA) is 74.0 Å². The molecule has 0 aliphatic rings. The second kappa shape index (κ2) is 13.6. The average molecular weight is 472 g/mol. The van der Waals surface area contributed by atoms with Gasteiger partial charge in [0.1, 0.15) is 5.82 Å². The Morgan fingerprint density at radius 2 is 2.03 bits per heavy atom. The van der Waals surface area contributed by atoms with Crippen LogP contribution in [0.2, 0.25) is 0 Å². The molecule has 2 rings (SSSR count). The Morgan fingerprint density at radius 3 is 2.62 bits per heavy atom. The van der Waals surface area contributed by atoms with E-state index in [1.165, 1.54) is 0 Å². The fourth-order valence-electron chi connectivity index (χ4n) is 2.96. The number of aromatic carboxylic acids is 1. The fraction of sp³-hybridized carbons (Fsp3) is 0.179. The predicted octanol–water partition coefficient (Wildman–Crippen LogP) is 6.88. The molecule has 0 amide bonds. The van der Waals surface area contributed by atoms with Gasteiger partial charge in [0.2, 0.25) is 0 Å². The van der Waals surface area contributed by atoms with Crippen LogP contribution >= 0.6 is 11.3 Å². The normalized spacial score (nSPS) is 12.6. The third-order valence-electron chi connectivity index (χ3n) is 4.79. The summed E-state index contributed by atoms with van der Waals surface area (Å²) in [4.78, 5) is 21.1. The molecule has 1 aromatic heterocycles. The Morgan fingerprint density at radius 1 is 1.29 bits per heavy atom. The first-order valence-corrected chi connectivity index (χ1v) is 11.7. The van der Waals surface area contributed by atoms with Gasteiger partial charge in [-0.3, -0.25) is 4.99 Å². The van der Waals surface area contributed by atoms with Crippen molar-refractivity contribution >= 4 is 35.4 Å². The molecule has 0 radical (unpaired) electrons. The number of rotatable bonds is 10. The van der Waals surface area contributed by atoms with Crippen LogP contribution in [0.3, 0.4) is 0 Å². The van der Waals surface area contributed by atoms with Crippen molar-refractivity contribution in [3.05, 3.63) is 99.6 Å². The van der Waals surface area contributed by atoms with Crippen molar-refractivity contribution in [3.8, 4) is 11.8 Å². The average Bonchev–Trinajstić information content (AvgIpc) is 3.30. The maximum atomic E-state index is 11.1. The summed E-state index contributed by atoms with van der Waals surface area (Å²) in [6.45, 7) is 14.0. The lowest BCUT2D eigenvalue weighted by atomic mass is 10.1. The summed E-state index contributed by atoms with van der Waals surface area (Å²) in [6.07, 6.45) is 8.28. The van der Waals surface area contributed by atoms with Crippen LogP contribution in [0.25, 0.3) is 0 Å². The van der Waals surface area contributed by atoms with Crippen LogP contribution in [0.15, 0.2) is 93.5 Å². The molecule has 0 saturated heterocycles. The fourth-order valence-corrected chi connectivity index (χ4v) is 3.70. The zero-order chi connectivity index (χ0) is 24.9. The molecule has 0 bridgehead atoms. The summed E-state index contributed by atoms with van der Waals surface area (Å²) in [5.41, 5.74) is 4.59. The number of nitrogens with one attached hydrogen (secondary N) is 1.